The summed E-state index contributed by atoms with van der Waals surface area (Å²) in [5, 5.41) is 3.05. The van der Waals surface area contributed by atoms with E-state index in [1.54, 1.807) is 0 Å². The van der Waals surface area contributed by atoms with Gasteiger partial charge in [-0.2, -0.15) is 4.99 Å². The monoisotopic (exact) mass is 392 g/mol. The average molecular weight is 393 g/mol. The molecule has 6 nitrogen and oxygen atoms in total. The number of carbonyl (C=O) groups excluding carboxylic acids is 2. The fourth-order valence-electron chi connectivity index (χ4n) is 4.34. The van der Waals surface area contributed by atoms with E-state index in [9.17, 15) is 9.59 Å². The molecule has 0 aromatic heterocycles. The number of aryl methyl sites for hydroxylation is 1. The molecule has 3 heterocycles. The van der Waals surface area contributed by atoms with Crippen LogP contribution >= 0.6 is 0 Å². The van der Waals surface area contributed by atoms with Crippen LogP contribution in [-0.4, -0.2) is 47.7 Å². The zero-order valence-electron chi connectivity index (χ0n) is 17.1. The van der Waals surface area contributed by atoms with Crippen LogP contribution < -0.4 is 10.2 Å². The van der Waals surface area contributed by atoms with Gasteiger partial charge in [0.25, 0.3) is 5.91 Å². The number of amides is 2. The summed E-state index contributed by atoms with van der Waals surface area (Å²) in [4.78, 5) is 33.5. The fraction of sp³-hybridized carbons (Fsp3) is 0.435. The summed E-state index contributed by atoms with van der Waals surface area (Å²) in [6, 6.07) is 8.56. The minimum Gasteiger partial charge on any atom is -0.371 e. The number of nitrogens with zero attached hydrogens (tertiary/aromatic N) is 3. The Morgan fingerprint density at radius 3 is 3.00 bits per heavy atom. The van der Waals surface area contributed by atoms with Gasteiger partial charge >= 0.3 is 0 Å². The molecule has 1 N–H and O–H groups in total. The third-order valence-corrected chi connectivity index (χ3v) is 5.94. The maximum Gasteiger partial charge on any atom is 0.250 e. The van der Waals surface area contributed by atoms with Crippen LogP contribution in [0.25, 0.3) is 0 Å². The van der Waals surface area contributed by atoms with Gasteiger partial charge < -0.3 is 15.1 Å². The summed E-state index contributed by atoms with van der Waals surface area (Å²) in [5.74, 6) is 0.164. The lowest BCUT2D eigenvalue weighted by atomic mass is 9.90. The van der Waals surface area contributed by atoms with Crippen molar-refractivity contribution in [2.24, 2.45) is 4.99 Å². The van der Waals surface area contributed by atoms with Crippen molar-refractivity contribution in [2.75, 3.05) is 24.5 Å². The molecule has 0 aliphatic carbocycles. The minimum absolute atomic E-state index is 0.0824. The first-order chi connectivity index (χ1) is 14.0. The number of nitrogens with one attached hydrogen (secondary N) is 1. The Labute approximate surface area is 172 Å². The molecule has 0 spiro atoms. The summed E-state index contributed by atoms with van der Waals surface area (Å²) >= 11 is 0. The van der Waals surface area contributed by atoms with Gasteiger partial charge in [0.2, 0.25) is 5.91 Å². The van der Waals surface area contributed by atoms with Crippen LogP contribution in [-0.2, 0) is 16.0 Å². The molecule has 1 aromatic rings. The first-order valence-electron chi connectivity index (χ1n) is 10.4. The molecule has 3 aliphatic heterocycles. The summed E-state index contributed by atoms with van der Waals surface area (Å²) in [6.07, 6.45) is 8.88. The molecule has 0 bridgehead atoms. The molecule has 0 radical (unpaired) electrons. The van der Waals surface area contributed by atoms with Gasteiger partial charge in [0.15, 0.2) is 0 Å². The Morgan fingerprint density at radius 2 is 2.14 bits per heavy atom. The fourth-order valence-corrected chi connectivity index (χ4v) is 4.34. The molecular formula is C23H28N4O2. The second-order valence-corrected chi connectivity index (χ2v) is 8.22. The topological polar surface area (TPSA) is 65.0 Å². The molecule has 1 atom stereocenters. The zero-order chi connectivity index (χ0) is 20.4. The number of fused-ring (bicyclic) bond motifs is 2. The average Bonchev–Trinajstić information content (AvgIpc) is 2.70. The number of carbonyl (C=O) groups is 2. The van der Waals surface area contributed by atoms with Crippen molar-refractivity contribution in [1.82, 2.24) is 10.2 Å². The van der Waals surface area contributed by atoms with Gasteiger partial charge in [0, 0.05) is 31.5 Å². The van der Waals surface area contributed by atoms with Gasteiger partial charge in [-0.1, -0.05) is 18.2 Å². The molecule has 6 heteroatoms. The molecule has 0 unspecified atom stereocenters. The van der Waals surface area contributed by atoms with Crippen molar-refractivity contribution in [2.45, 2.75) is 45.1 Å². The molecule has 1 aromatic carbocycles. The number of hydrogen-bond acceptors (Lipinski definition) is 4. The van der Waals surface area contributed by atoms with Gasteiger partial charge in [-0.05, 0) is 62.5 Å². The van der Waals surface area contributed by atoms with Crippen LogP contribution in [0.4, 0.5) is 5.69 Å². The highest BCUT2D eigenvalue weighted by Crippen LogP contribution is 2.29. The van der Waals surface area contributed by atoms with Crippen molar-refractivity contribution in [3.8, 4) is 0 Å². The van der Waals surface area contributed by atoms with E-state index in [1.807, 2.05) is 37.1 Å². The number of benzene rings is 1. The lowest BCUT2D eigenvalue weighted by molar-refractivity contribution is -0.134. The molecule has 2 amide bonds. The second-order valence-electron chi connectivity index (χ2n) is 8.22. The van der Waals surface area contributed by atoms with Crippen LogP contribution in [0.3, 0.4) is 0 Å². The lowest BCUT2D eigenvalue weighted by Gasteiger charge is -2.42. The molecule has 4 rings (SSSR count). The number of anilines is 1. The van der Waals surface area contributed by atoms with Gasteiger partial charge in [-0.3, -0.25) is 9.59 Å². The molecule has 3 aliphatic rings. The largest absolute Gasteiger partial charge is 0.371 e. The normalized spacial score (nSPS) is 23.2. The van der Waals surface area contributed by atoms with Crippen molar-refractivity contribution in [3.05, 3.63) is 53.8 Å². The molecule has 29 heavy (non-hydrogen) atoms. The third-order valence-electron chi connectivity index (χ3n) is 5.94. The van der Waals surface area contributed by atoms with Crippen molar-refractivity contribution >= 4 is 23.3 Å². The first-order valence-corrected chi connectivity index (χ1v) is 10.4. The maximum atomic E-state index is 13.0. The van der Waals surface area contributed by atoms with Gasteiger partial charge in [-0.15, -0.1) is 0 Å². The van der Waals surface area contributed by atoms with Crippen molar-refractivity contribution < 1.29 is 9.59 Å². The van der Waals surface area contributed by atoms with Gasteiger partial charge in [-0.25, -0.2) is 0 Å². The van der Waals surface area contributed by atoms with E-state index in [0.717, 1.165) is 31.5 Å². The Morgan fingerprint density at radius 1 is 1.31 bits per heavy atom. The number of para-hydroxylation sites is 1. The summed E-state index contributed by atoms with van der Waals surface area (Å²) in [7, 11) is 0. The highest BCUT2D eigenvalue weighted by atomic mass is 16.2. The SMILES string of the molecule is CC1=CC2=NC(=O)C[C@](C)(C(=O)NCCCN3CCCc4ccccc43)N2C=C1. The van der Waals surface area contributed by atoms with E-state index in [4.69, 9.17) is 0 Å². The van der Waals surface area contributed by atoms with Crippen LogP contribution in [0.2, 0.25) is 0 Å². The molecule has 0 saturated carbocycles. The van der Waals surface area contributed by atoms with Crippen molar-refractivity contribution in [1.29, 1.82) is 0 Å². The van der Waals surface area contributed by atoms with E-state index >= 15 is 0 Å². The van der Waals surface area contributed by atoms with Crippen LogP contribution in [0, 0.1) is 0 Å². The Hall–Kier alpha value is -2.89. The summed E-state index contributed by atoms with van der Waals surface area (Å²) in [6.45, 7) is 6.31. The molecule has 0 fully saturated rings. The Kier molecular flexibility index (Phi) is 5.26. The van der Waals surface area contributed by atoms with E-state index in [1.165, 1.54) is 17.7 Å². The van der Waals surface area contributed by atoms with Crippen LogP contribution in [0.5, 0.6) is 0 Å². The van der Waals surface area contributed by atoms with Crippen LogP contribution in [0.15, 0.2) is 53.2 Å². The predicted molar refractivity (Wildman–Crippen MR) is 115 cm³/mol. The smallest absolute Gasteiger partial charge is 0.250 e. The second kappa shape index (κ2) is 7.85. The van der Waals surface area contributed by atoms with E-state index in [2.05, 4.69) is 39.5 Å². The highest BCUT2D eigenvalue weighted by Gasteiger charge is 2.45. The van der Waals surface area contributed by atoms with E-state index < -0.39 is 5.54 Å². The van der Waals surface area contributed by atoms with E-state index in [0.29, 0.717) is 12.4 Å². The van der Waals surface area contributed by atoms with Gasteiger partial charge in [0.05, 0.1) is 6.42 Å². The first kappa shape index (κ1) is 19.4. The Bertz CT molecular complexity index is 917. The standard InChI is InChI=1S/C23H28N4O2/c1-17-10-14-27-20(15-17)25-21(28)16-23(27,2)22(29)24-11-6-13-26-12-5-8-18-7-3-4-9-19(18)26/h3-4,7,9-10,14-15H,5-6,8,11-13,16H2,1-2H3,(H,24,29)/t23-/m1/s1. The van der Waals surface area contributed by atoms with Crippen LogP contribution in [0.1, 0.15) is 38.7 Å². The number of rotatable bonds is 5. The number of aliphatic imine (C=N–C) groups is 1. The van der Waals surface area contributed by atoms with E-state index in [-0.39, 0.29) is 18.2 Å². The third kappa shape index (κ3) is 3.84. The molecule has 152 valence electrons. The summed E-state index contributed by atoms with van der Waals surface area (Å²) < 4.78 is 0. The minimum atomic E-state index is -0.945. The molecule has 0 saturated heterocycles. The van der Waals surface area contributed by atoms with Gasteiger partial charge in [0.1, 0.15) is 11.4 Å². The highest BCUT2D eigenvalue weighted by molar-refractivity contribution is 6.09. The number of allylic oxidation sites excluding steroid dienone is 2. The lowest BCUT2D eigenvalue weighted by Crippen LogP contribution is -2.60. The molecular weight excluding hydrogens is 364 g/mol. The van der Waals surface area contributed by atoms with Crippen molar-refractivity contribution in [3.63, 3.8) is 0 Å². The Balaban J connectivity index is 1.35. The number of hydrogen-bond donors (Lipinski definition) is 1. The number of amidine groups is 1. The maximum absolute atomic E-state index is 13.0. The zero-order valence-corrected chi connectivity index (χ0v) is 17.1. The predicted octanol–water partition coefficient (Wildman–Crippen LogP) is 2.81. The summed E-state index contributed by atoms with van der Waals surface area (Å²) in [5.41, 5.74) is 2.79. The quantitative estimate of drug-likeness (QED) is 0.783.